The molecule has 0 radical (unpaired) electrons. The number of nitriles is 1. The van der Waals surface area contributed by atoms with E-state index < -0.39 is 0 Å². The van der Waals surface area contributed by atoms with E-state index in [9.17, 15) is 9.90 Å². The second kappa shape index (κ2) is 6.53. The van der Waals surface area contributed by atoms with Crippen molar-refractivity contribution in [3.63, 3.8) is 0 Å². The Morgan fingerprint density at radius 3 is 2.30 bits per heavy atom. The third-order valence-electron chi connectivity index (χ3n) is 4.23. The fourth-order valence-electron chi connectivity index (χ4n) is 2.89. The number of carbonyl (C=O) groups is 1. The van der Waals surface area contributed by atoms with Gasteiger partial charge in [0, 0.05) is 18.7 Å². The van der Waals surface area contributed by atoms with Gasteiger partial charge in [0.25, 0.3) is 5.91 Å². The monoisotopic (exact) mass is 306 g/mol. The first-order valence-corrected chi connectivity index (χ1v) is 7.82. The Hall–Kier alpha value is -2.80. The molecule has 1 N–H and O–H groups in total. The van der Waals surface area contributed by atoms with Gasteiger partial charge < -0.3 is 10.0 Å². The second-order valence-corrected chi connectivity index (χ2v) is 5.77. The van der Waals surface area contributed by atoms with Gasteiger partial charge in [-0.15, -0.1) is 0 Å². The number of likely N-dealkylation sites (tertiary alicyclic amines) is 1. The first-order valence-electron chi connectivity index (χ1n) is 7.82. The van der Waals surface area contributed by atoms with Crippen molar-refractivity contribution in [1.82, 2.24) is 4.90 Å². The minimum absolute atomic E-state index is 0.0202. The number of carbonyl (C=O) groups excluding carboxylic acids is 1. The summed E-state index contributed by atoms with van der Waals surface area (Å²) in [6, 6.07) is 14.3. The maximum absolute atomic E-state index is 12.4. The summed E-state index contributed by atoms with van der Waals surface area (Å²) in [5, 5.41) is 18.6. The molecule has 116 valence electrons. The molecular formula is C19H18N2O2. The summed E-state index contributed by atoms with van der Waals surface area (Å²) in [5.74, 6) is 0.0628. The average molecular weight is 306 g/mol. The molecule has 0 bridgehead atoms. The molecule has 4 heteroatoms. The highest BCUT2D eigenvalue weighted by atomic mass is 16.3. The van der Waals surface area contributed by atoms with Gasteiger partial charge in [-0.05, 0) is 54.7 Å². The van der Waals surface area contributed by atoms with Crippen LogP contribution in [0.25, 0.3) is 11.1 Å². The number of hydrogen-bond donors (Lipinski definition) is 1. The summed E-state index contributed by atoms with van der Waals surface area (Å²) in [6.45, 7) is 1.67. The zero-order valence-corrected chi connectivity index (χ0v) is 12.8. The van der Waals surface area contributed by atoms with E-state index in [1.807, 2.05) is 35.2 Å². The van der Waals surface area contributed by atoms with Gasteiger partial charge in [-0.1, -0.05) is 18.2 Å². The number of rotatable bonds is 2. The van der Waals surface area contributed by atoms with Gasteiger partial charge >= 0.3 is 0 Å². The fourth-order valence-corrected chi connectivity index (χ4v) is 2.89. The molecule has 0 aromatic heterocycles. The molecule has 0 aliphatic carbocycles. The summed E-state index contributed by atoms with van der Waals surface area (Å²) < 4.78 is 0. The topological polar surface area (TPSA) is 64.3 Å². The minimum Gasteiger partial charge on any atom is -0.507 e. The molecule has 0 unspecified atom stereocenters. The molecule has 0 atom stereocenters. The Balaban J connectivity index is 1.82. The van der Waals surface area contributed by atoms with Gasteiger partial charge in [0.2, 0.25) is 0 Å². The molecule has 4 nitrogen and oxygen atoms in total. The van der Waals surface area contributed by atoms with Crippen molar-refractivity contribution in [2.24, 2.45) is 0 Å². The van der Waals surface area contributed by atoms with Crippen LogP contribution in [0.15, 0.2) is 42.5 Å². The Bertz CT molecular complexity index is 754. The molecule has 1 heterocycles. The van der Waals surface area contributed by atoms with Crippen LogP contribution in [-0.4, -0.2) is 29.0 Å². The average Bonchev–Trinajstić information content (AvgIpc) is 2.62. The van der Waals surface area contributed by atoms with Crippen molar-refractivity contribution in [1.29, 1.82) is 5.26 Å². The molecule has 0 saturated carbocycles. The highest BCUT2D eigenvalue weighted by Gasteiger charge is 2.18. The Kier molecular flexibility index (Phi) is 4.29. The van der Waals surface area contributed by atoms with E-state index in [4.69, 9.17) is 5.26 Å². The number of phenols is 1. The lowest BCUT2D eigenvalue weighted by Crippen LogP contribution is -2.35. The summed E-state index contributed by atoms with van der Waals surface area (Å²) in [4.78, 5) is 14.4. The first kappa shape index (κ1) is 15.1. The molecule has 23 heavy (non-hydrogen) atoms. The predicted octanol–water partition coefficient (Wildman–Crippen LogP) is 3.56. The summed E-state index contributed by atoms with van der Waals surface area (Å²) >= 11 is 0. The van der Waals surface area contributed by atoms with Crippen LogP contribution < -0.4 is 0 Å². The highest BCUT2D eigenvalue weighted by Crippen LogP contribution is 2.26. The zero-order chi connectivity index (χ0) is 16.2. The summed E-state index contributed by atoms with van der Waals surface area (Å²) in [6.07, 6.45) is 3.35. The molecule has 1 saturated heterocycles. The molecule has 1 aliphatic heterocycles. The lowest BCUT2D eigenvalue weighted by atomic mass is 10.0. The number of piperidine rings is 1. The van der Waals surface area contributed by atoms with Crippen LogP contribution in [0, 0.1) is 11.3 Å². The number of amides is 1. The number of aromatic hydroxyl groups is 1. The smallest absolute Gasteiger partial charge is 0.253 e. The SMILES string of the molecule is N#Cc1cc(-c2ccc(C(=O)N3CCCCC3)cc2)ccc1O. The van der Waals surface area contributed by atoms with Gasteiger partial charge in [0.05, 0.1) is 5.56 Å². The third kappa shape index (κ3) is 3.19. The third-order valence-corrected chi connectivity index (χ3v) is 4.23. The molecule has 1 fully saturated rings. The Morgan fingerprint density at radius 2 is 1.65 bits per heavy atom. The Morgan fingerprint density at radius 1 is 1.00 bits per heavy atom. The van der Waals surface area contributed by atoms with Crippen LogP contribution >= 0.6 is 0 Å². The van der Waals surface area contributed by atoms with E-state index in [2.05, 4.69) is 0 Å². The quantitative estimate of drug-likeness (QED) is 0.922. The molecule has 2 aromatic rings. The fraction of sp³-hybridized carbons (Fsp3) is 0.263. The summed E-state index contributed by atoms with van der Waals surface area (Å²) in [7, 11) is 0. The maximum atomic E-state index is 12.4. The lowest BCUT2D eigenvalue weighted by molar-refractivity contribution is 0.0724. The van der Waals surface area contributed by atoms with Crippen LogP contribution in [-0.2, 0) is 0 Å². The van der Waals surface area contributed by atoms with Crippen molar-refractivity contribution in [2.75, 3.05) is 13.1 Å². The molecular weight excluding hydrogens is 288 g/mol. The van der Waals surface area contributed by atoms with Crippen LogP contribution in [0.3, 0.4) is 0 Å². The number of hydrogen-bond acceptors (Lipinski definition) is 3. The minimum atomic E-state index is -0.0202. The maximum Gasteiger partial charge on any atom is 0.253 e. The van der Waals surface area contributed by atoms with E-state index in [0.29, 0.717) is 5.56 Å². The van der Waals surface area contributed by atoms with Crippen molar-refractivity contribution in [2.45, 2.75) is 19.3 Å². The van der Waals surface area contributed by atoms with E-state index in [1.165, 1.54) is 12.5 Å². The first-order chi connectivity index (χ1) is 11.2. The van der Waals surface area contributed by atoms with Gasteiger partial charge in [-0.2, -0.15) is 5.26 Å². The van der Waals surface area contributed by atoms with E-state index in [0.717, 1.165) is 37.1 Å². The van der Waals surface area contributed by atoms with Crippen LogP contribution in [0.1, 0.15) is 35.2 Å². The van der Waals surface area contributed by atoms with Crippen molar-refractivity contribution in [3.05, 3.63) is 53.6 Å². The number of benzene rings is 2. The van der Waals surface area contributed by atoms with E-state index in [-0.39, 0.29) is 17.2 Å². The van der Waals surface area contributed by atoms with E-state index in [1.54, 1.807) is 12.1 Å². The highest BCUT2D eigenvalue weighted by molar-refractivity contribution is 5.94. The number of phenolic OH excluding ortho intramolecular Hbond substituents is 1. The standard InChI is InChI=1S/C19H18N2O2/c20-13-17-12-16(8-9-18(17)22)14-4-6-15(7-5-14)19(23)21-10-2-1-3-11-21/h4-9,12,22H,1-3,10-11H2. The molecule has 1 aliphatic rings. The molecule has 0 spiro atoms. The normalized spacial score (nSPS) is 14.3. The number of nitrogens with zero attached hydrogens (tertiary/aromatic N) is 2. The van der Waals surface area contributed by atoms with Crippen LogP contribution in [0.2, 0.25) is 0 Å². The predicted molar refractivity (Wildman–Crippen MR) is 88.0 cm³/mol. The van der Waals surface area contributed by atoms with Crippen LogP contribution in [0.5, 0.6) is 5.75 Å². The molecule has 3 rings (SSSR count). The largest absolute Gasteiger partial charge is 0.507 e. The van der Waals surface area contributed by atoms with Gasteiger partial charge in [-0.3, -0.25) is 4.79 Å². The van der Waals surface area contributed by atoms with E-state index >= 15 is 0 Å². The van der Waals surface area contributed by atoms with Crippen molar-refractivity contribution >= 4 is 5.91 Å². The van der Waals surface area contributed by atoms with Crippen molar-refractivity contribution < 1.29 is 9.90 Å². The molecule has 1 amide bonds. The van der Waals surface area contributed by atoms with Gasteiger partial charge in [-0.25, -0.2) is 0 Å². The van der Waals surface area contributed by atoms with Crippen molar-refractivity contribution in [3.8, 4) is 22.9 Å². The zero-order valence-electron chi connectivity index (χ0n) is 12.8. The molecule has 2 aromatic carbocycles. The van der Waals surface area contributed by atoms with Crippen LogP contribution in [0.4, 0.5) is 0 Å². The second-order valence-electron chi connectivity index (χ2n) is 5.77. The van der Waals surface area contributed by atoms with Gasteiger partial charge in [0.1, 0.15) is 11.8 Å². The lowest BCUT2D eigenvalue weighted by Gasteiger charge is -2.26. The summed E-state index contributed by atoms with van der Waals surface area (Å²) in [5.41, 5.74) is 2.69. The van der Waals surface area contributed by atoms with Gasteiger partial charge in [0.15, 0.2) is 0 Å². The Labute approximate surface area is 135 Å².